The standard InChI is InChI=1S/C4H8N4O2S/c1-4(9,10)6-3-8-7-2(5)11-3/h9-10H,1H3,(H2,5,7)(H,6,8). The van der Waals surface area contributed by atoms with Gasteiger partial charge in [0, 0.05) is 6.92 Å². The third-order valence-corrected chi connectivity index (χ3v) is 1.45. The van der Waals surface area contributed by atoms with Crippen molar-refractivity contribution >= 4 is 21.6 Å². The Hall–Kier alpha value is -0.920. The predicted molar refractivity (Wildman–Crippen MR) is 40.8 cm³/mol. The number of rotatable bonds is 2. The number of anilines is 2. The zero-order valence-corrected chi connectivity index (χ0v) is 6.59. The molecular weight excluding hydrogens is 168 g/mol. The molecule has 0 aliphatic rings. The first-order valence-electron chi connectivity index (χ1n) is 2.79. The van der Waals surface area contributed by atoms with Crippen LogP contribution in [-0.4, -0.2) is 26.3 Å². The Kier molecular flexibility index (Phi) is 1.94. The number of hydrogen-bond donors (Lipinski definition) is 4. The van der Waals surface area contributed by atoms with Crippen molar-refractivity contribution in [3.05, 3.63) is 0 Å². The number of nitrogens with two attached hydrogens (primary N) is 1. The van der Waals surface area contributed by atoms with Gasteiger partial charge in [0.2, 0.25) is 16.2 Å². The second-order valence-corrected chi connectivity index (χ2v) is 3.10. The largest absolute Gasteiger partial charge is 0.374 e. The molecule has 0 fully saturated rings. The average molecular weight is 176 g/mol. The number of nitrogens with zero attached hydrogens (tertiary/aromatic N) is 2. The first-order chi connectivity index (χ1) is 4.97. The van der Waals surface area contributed by atoms with E-state index in [2.05, 4.69) is 15.5 Å². The third kappa shape index (κ3) is 2.66. The number of hydrogen-bond acceptors (Lipinski definition) is 7. The molecule has 62 valence electrons. The lowest BCUT2D eigenvalue weighted by Gasteiger charge is -2.15. The molecule has 1 aromatic rings. The number of nitrogen functional groups attached to an aromatic ring is 1. The minimum Gasteiger partial charge on any atom is -0.374 e. The molecule has 11 heavy (non-hydrogen) atoms. The summed E-state index contributed by atoms with van der Waals surface area (Å²) in [5.41, 5.74) is 5.24. The molecule has 0 saturated heterocycles. The van der Waals surface area contributed by atoms with Crippen LogP contribution in [0.5, 0.6) is 0 Å². The fraction of sp³-hybridized carbons (Fsp3) is 0.500. The van der Waals surface area contributed by atoms with Crippen molar-refractivity contribution in [2.75, 3.05) is 11.1 Å². The normalized spacial score (nSPS) is 11.5. The van der Waals surface area contributed by atoms with Crippen LogP contribution in [0, 0.1) is 0 Å². The minimum absolute atomic E-state index is 0.273. The van der Waals surface area contributed by atoms with Gasteiger partial charge in [0.15, 0.2) is 0 Å². The van der Waals surface area contributed by atoms with Gasteiger partial charge in [-0.2, -0.15) is 0 Å². The molecule has 7 heteroatoms. The molecule has 0 radical (unpaired) electrons. The van der Waals surface area contributed by atoms with Crippen LogP contribution in [0.15, 0.2) is 0 Å². The van der Waals surface area contributed by atoms with E-state index in [0.29, 0.717) is 0 Å². The molecule has 6 nitrogen and oxygen atoms in total. The highest BCUT2D eigenvalue weighted by molar-refractivity contribution is 7.18. The summed E-state index contributed by atoms with van der Waals surface area (Å²) >= 11 is 1.04. The lowest BCUT2D eigenvalue weighted by atomic mass is 10.6. The van der Waals surface area contributed by atoms with Gasteiger partial charge in [-0.1, -0.05) is 11.3 Å². The van der Waals surface area contributed by atoms with Crippen LogP contribution in [-0.2, 0) is 0 Å². The van der Waals surface area contributed by atoms with Gasteiger partial charge >= 0.3 is 0 Å². The van der Waals surface area contributed by atoms with Gasteiger partial charge in [-0.25, -0.2) is 0 Å². The Bertz CT molecular complexity index is 242. The highest BCUT2D eigenvalue weighted by atomic mass is 32.1. The monoisotopic (exact) mass is 176 g/mol. The quantitative estimate of drug-likeness (QED) is 0.439. The second kappa shape index (κ2) is 2.61. The topological polar surface area (TPSA) is 104 Å². The van der Waals surface area contributed by atoms with E-state index in [4.69, 9.17) is 15.9 Å². The summed E-state index contributed by atoms with van der Waals surface area (Å²) in [6.45, 7) is 1.17. The van der Waals surface area contributed by atoms with Gasteiger partial charge in [-0.3, -0.25) is 0 Å². The highest BCUT2D eigenvalue weighted by Gasteiger charge is 2.16. The van der Waals surface area contributed by atoms with Crippen LogP contribution in [0.1, 0.15) is 6.92 Å². The molecule has 1 rings (SSSR count). The van der Waals surface area contributed by atoms with Crippen LogP contribution in [0.2, 0.25) is 0 Å². The van der Waals surface area contributed by atoms with Gasteiger partial charge in [-0.05, 0) is 0 Å². The fourth-order valence-corrected chi connectivity index (χ4v) is 1.09. The van der Waals surface area contributed by atoms with Crippen molar-refractivity contribution in [3.8, 4) is 0 Å². The Balaban J connectivity index is 2.65. The summed E-state index contributed by atoms with van der Waals surface area (Å²) in [5, 5.41) is 27.4. The first kappa shape index (κ1) is 8.18. The molecule has 0 amide bonds. The van der Waals surface area contributed by atoms with Crippen LogP contribution in [0.3, 0.4) is 0 Å². The maximum absolute atomic E-state index is 8.82. The minimum atomic E-state index is -1.98. The van der Waals surface area contributed by atoms with Gasteiger partial charge in [-0.15, -0.1) is 10.2 Å². The summed E-state index contributed by atoms with van der Waals surface area (Å²) in [7, 11) is 0. The third-order valence-electron chi connectivity index (χ3n) is 0.784. The van der Waals surface area contributed by atoms with E-state index >= 15 is 0 Å². The molecule has 0 aromatic carbocycles. The van der Waals surface area contributed by atoms with Gasteiger partial charge in [0.1, 0.15) is 0 Å². The number of aromatic nitrogens is 2. The Morgan fingerprint density at radius 3 is 2.55 bits per heavy atom. The molecule has 0 bridgehead atoms. The van der Waals surface area contributed by atoms with E-state index in [9.17, 15) is 0 Å². The van der Waals surface area contributed by atoms with E-state index in [1.54, 1.807) is 0 Å². The van der Waals surface area contributed by atoms with Crippen LogP contribution in [0.25, 0.3) is 0 Å². The van der Waals surface area contributed by atoms with Crippen molar-refractivity contribution in [2.45, 2.75) is 12.8 Å². The van der Waals surface area contributed by atoms with E-state index < -0.39 is 5.91 Å². The Labute approximate surface area is 66.7 Å². The van der Waals surface area contributed by atoms with Crippen molar-refractivity contribution in [1.29, 1.82) is 0 Å². The molecule has 0 spiro atoms. The lowest BCUT2D eigenvalue weighted by Crippen LogP contribution is -2.33. The number of aliphatic hydroxyl groups is 2. The van der Waals surface area contributed by atoms with Crippen molar-refractivity contribution in [1.82, 2.24) is 10.2 Å². The number of nitrogens with one attached hydrogen (secondary N) is 1. The van der Waals surface area contributed by atoms with Gasteiger partial charge in [0.05, 0.1) is 0 Å². The maximum Gasteiger partial charge on any atom is 0.242 e. The van der Waals surface area contributed by atoms with Crippen molar-refractivity contribution in [2.24, 2.45) is 0 Å². The lowest BCUT2D eigenvalue weighted by molar-refractivity contribution is -0.118. The van der Waals surface area contributed by atoms with Gasteiger partial charge < -0.3 is 21.3 Å². The summed E-state index contributed by atoms with van der Waals surface area (Å²) in [4.78, 5) is 0. The molecule has 1 aromatic heterocycles. The zero-order valence-electron chi connectivity index (χ0n) is 5.77. The SMILES string of the molecule is CC(O)(O)Nc1nnc(N)s1. The highest BCUT2D eigenvalue weighted by Crippen LogP contribution is 2.18. The van der Waals surface area contributed by atoms with E-state index in [-0.39, 0.29) is 10.3 Å². The van der Waals surface area contributed by atoms with Crippen LogP contribution >= 0.6 is 11.3 Å². The first-order valence-corrected chi connectivity index (χ1v) is 3.61. The van der Waals surface area contributed by atoms with Crippen LogP contribution in [0.4, 0.5) is 10.3 Å². The summed E-state index contributed by atoms with van der Waals surface area (Å²) in [6, 6.07) is 0. The summed E-state index contributed by atoms with van der Waals surface area (Å²) in [6.07, 6.45) is 0. The van der Waals surface area contributed by atoms with E-state index in [1.807, 2.05) is 0 Å². The average Bonchev–Trinajstić information content (AvgIpc) is 2.10. The van der Waals surface area contributed by atoms with E-state index in [0.717, 1.165) is 11.3 Å². The Morgan fingerprint density at radius 1 is 1.55 bits per heavy atom. The maximum atomic E-state index is 8.82. The molecular formula is C4H8N4O2S. The molecule has 0 atom stereocenters. The zero-order chi connectivity index (χ0) is 8.48. The molecule has 5 N–H and O–H groups in total. The fourth-order valence-electron chi connectivity index (χ4n) is 0.488. The molecule has 1 heterocycles. The van der Waals surface area contributed by atoms with Crippen molar-refractivity contribution in [3.63, 3.8) is 0 Å². The predicted octanol–water partition coefficient (Wildman–Crippen LogP) is -0.810. The molecule has 0 aliphatic heterocycles. The summed E-state index contributed by atoms with van der Waals surface area (Å²) in [5.74, 6) is -1.98. The van der Waals surface area contributed by atoms with Crippen molar-refractivity contribution < 1.29 is 10.2 Å². The molecule has 0 saturated carbocycles. The Morgan fingerprint density at radius 2 is 2.18 bits per heavy atom. The van der Waals surface area contributed by atoms with Crippen LogP contribution < -0.4 is 11.1 Å². The summed E-state index contributed by atoms with van der Waals surface area (Å²) < 4.78 is 0. The molecule has 0 unspecified atom stereocenters. The van der Waals surface area contributed by atoms with Gasteiger partial charge in [0.25, 0.3) is 0 Å². The smallest absolute Gasteiger partial charge is 0.242 e. The molecule has 0 aliphatic carbocycles. The van der Waals surface area contributed by atoms with E-state index in [1.165, 1.54) is 6.92 Å². The second-order valence-electron chi connectivity index (χ2n) is 2.09.